The molecule has 5 heteroatoms. The Hall–Kier alpha value is -1.62. The summed E-state index contributed by atoms with van der Waals surface area (Å²) in [4.78, 5) is 11.7. The van der Waals surface area contributed by atoms with Crippen LogP contribution in [0.5, 0.6) is 0 Å². The van der Waals surface area contributed by atoms with Crippen LogP contribution in [0.4, 0.5) is 5.82 Å². The van der Waals surface area contributed by atoms with Crippen molar-refractivity contribution >= 4 is 11.7 Å². The third-order valence-electron chi connectivity index (χ3n) is 2.93. The molecule has 1 aromatic rings. The van der Waals surface area contributed by atoms with Gasteiger partial charge >= 0.3 is 0 Å². The van der Waals surface area contributed by atoms with Crippen LogP contribution in [-0.2, 0) is 4.79 Å². The van der Waals surface area contributed by atoms with E-state index in [1.54, 1.807) is 0 Å². The summed E-state index contributed by atoms with van der Waals surface area (Å²) in [6.45, 7) is 0.756. The van der Waals surface area contributed by atoms with Gasteiger partial charge in [0.1, 0.15) is 6.04 Å². The Balaban J connectivity index is 1.63. The quantitative estimate of drug-likeness (QED) is 0.656. The highest BCUT2D eigenvalue weighted by Crippen LogP contribution is 2.39. The maximum Gasteiger partial charge on any atom is 0.246 e. The van der Waals surface area contributed by atoms with Crippen LogP contribution >= 0.6 is 0 Å². The number of nitrogens with one attached hydrogen (secondary N) is 3. The number of anilines is 1. The standard InChI is InChI=1S/C11H14N4O/c16-11(8-2-1-5-12-8)13-10-6-9(14-15-10)7-3-4-7/h1-2,6-8,12H,3-5H2,(H2,13,14,15,16)/t8-/m0/s1. The molecule has 0 bridgehead atoms. The van der Waals surface area contributed by atoms with Crippen molar-refractivity contribution in [1.82, 2.24) is 15.5 Å². The van der Waals surface area contributed by atoms with Gasteiger partial charge in [-0.15, -0.1) is 0 Å². The van der Waals surface area contributed by atoms with Crippen molar-refractivity contribution in [3.63, 3.8) is 0 Å². The summed E-state index contributed by atoms with van der Waals surface area (Å²) >= 11 is 0. The molecule has 1 saturated carbocycles. The van der Waals surface area contributed by atoms with E-state index in [1.165, 1.54) is 12.8 Å². The van der Waals surface area contributed by atoms with Gasteiger partial charge in [0.25, 0.3) is 0 Å². The SMILES string of the molecule is O=C(Nc1cc(C2CC2)[nH]n1)[C@@H]1C=CCN1. The van der Waals surface area contributed by atoms with Crippen LogP contribution in [0.1, 0.15) is 24.5 Å². The Kier molecular flexibility index (Phi) is 2.25. The second-order valence-corrected chi connectivity index (χ2v) is 4.29. The lowest BCUT2D eigenvalue weighted by molar-refractivity contribution is -0.116. The van der Waals surface area contributed by atoms with Crippen LogP contribution in [0.3, 0.4) is 0 Å². The number of rotatable bonds is 3. The van der Waals surface area contributed by atoms with Crippen LogP contribution < -0.4 is 10.6 Å². The van der Waals surface area contributed by atoms with Gasteiger partial charge in [0.2, 0.25) is 5.91 Å². The fourth-order valence-electron chi connectivity index (χ4n) is 1.86. The first-order valence-corrected chi connectivity index (χ1v) is 5.59. The number of nitrogens with zero attached hydrogens (tertiary/aromatic N) is 1. The number of hydrogen-bond acceptors (Lipinski definition) is 3. The lowest BCUT2D eigenvalue weighted by Gasteiger charge is -2.07. The average Bonchev–Trinajstić information content (AvgIpc) is 2.82. The molecule has 0 saturated heterocycles. The third kappa shape index (κ3) is 1.86. The molecule has 1 aromatic heterocycles. The first-order chi connectivity index (χ1) is 7.83. The Bertz CT molecular complexity index is 433. The van der Waals surface area contributed by atoms with Crippen molar-refractivity contribution in [2.45, 2.75) is 24.8 Å². The van der Waals surface area contributed by atoms with Crippen LogP contribution in [0, 0.1) is 0 Å². The summed E-state index contributed by atoms with van der Waals surface area (Å²) in [5.41, 5.74) is 1.13. The molecular formula is C11H14N4O. The zero-order valence-electron chi connectivity index (χ0n) is 8.86. The van der Waals surface area contributed by atoms with Gasteiger partial charge in [0.05, 0.1) is 0 Å². The number of aromatic nitrogens is 2. The highest BCUT2D eigenvalue weighted by Gasteiger charge is 2.26. The van der Waals surface area contributed by atoms with Gasteiger partial charge in [0, 0.05) is 24.2 Å². The van der Waals surface area contributed by atoms with E-state index < -0.39 is 0 Å². The first-order valence-electron chi connectivity index (χ1n) is 5.59. The Morgan fingerprint density at radius 1 is 1.50 bits per heavy atom. The Morgan fingerprint density at radius 2 is 2.38 bits per heavy atom. The largest absolute Gasteiger partial charge is 0.308 e. The zero-order chi connectivity index (χ0) is 11.0. The molecule has 84 valence electrons. The summed E-state index contributed by atoms with van der Waals surface area (Å²) in [6.07, 6.45) is 6.26. The summed E-state index contributed by atoms with van der Waals surface area (Å²) in [5.74, 6) is 1.19. The van der Waals surface area contributed by atoms with E-state index in [4.69, 9.17) is 0 Å². The maximum absolute atomic E-state index is 11.7. The monoisotopic (exact) mass is 218 g/mol. The van der Waals surface area contributed by atoms with Gasteiger partial charge in [-0.1, -0.05) is 12.2 Å². The molecule has 1 aliphatic carbocycles. The second kappa shape index (κ2) is 3.75. The molecular weight excluding hydrogens is 204 g/mol. The summed E-state index contributed by atoms with van der Waals surface area (Å²) < 4.78 is 0. The van der Waals surface area contributed by atoms with Crippen molar-refractivity contribution in [3.8, 4) is 0 Å². The van der Waals surface area contributed by atoms with Crippen LogP contribution in [-0.4, -0.2) is 28.7 Å². The van der Waals surface area contributed by atoms with Gasteiger partial charge in [-0.05, 0) is 12.8 Å². The van der Waals surface area contributed by atoms with Crippen LogP contribution in [0.2, 0.25) is 0 Å². The van der Waals surface area contributed by atoms with Gasteiger partial charge < -0.3 is 5.32 Å². The summed E-state index contributed by atoms with van der Waals surface area (Å²) in [6, 6.07) is 1.70. The molecule has 5 nitrogen and oxygen atoms in total. The lowest BCUT2D eigenvalue weighted by atomic mass is 10.3. The van der Waals surface area contributed by atoms with Crippen molar-refractivity contribution in [2.24, 2.45) is 0 Å². The number of carbonyl (C=O) groups is 1. The highest BCUT2D eigenvalue weighted by atomic mass is 16.2. The Labute approximate surface area is 93.3 Å². The summed E-state index contributed by atoms with van der Waals surface area (Å²) in [7, 11) is 0. The van der Waals surface area contributed by atoms with Crippen molar-refractivity contribution in [2.75, 3.05) is 11.9 Å². The zero-order valence-corrected chi connectivity index (χ0v) is 8.86. The smallest absolute Gasteiger partial charge is 0.246 e. The molecule has 0 radical (unpaired) electrons. The van der Waals surface area contributed by atoms with Gasteiger partial charge in [0.15, 0.2) is 5.82 Å². The topological polar surface area (TPSA) is 69.8 Å². The minimum absolute atomic E-state index is 0.0532. The van der Waals surface area contributed by atoms with E-state index in [1.807, 2.05) is 18.2 Å². The number of H-pyrrole nitrogens is 1. The molecule has 16 heavy (non-hydrogen) atoms. The van der Waals surface area contributed by atoms with E-state index in [0.29, 0.717) is 11.7 Å². The number of carbonyl (C=O) groups excluding carboxylic acids is 1. The molecule has 1 aliphatic heterocycles. The van der Waals surface area contributed by atoms with Crippen molar-refractivity contribution < 1.29 is 4.79 Å². The first kappa shape index (κ1) is 9.59. The molecule has 3 N–H and O–H groups in total. The fraction of sp³-hybridized carbons (Fsp3) is 0.455. The molecule has 2 aliphatic rings. The molecule has 3 rings (SSSR count). The Morgan fingerprint density at radius 3 is 3.06 bits per heavy atom. The van der Waals surface area contributed by atoms with E-state index in [-0.39, 0.29) is 11.9 Å². The van der Waals surface area contributed by atoms with Crippen molar-refractivity contribution in [3.05, 3.63) is 23.9 Å². The van der Waals surface area contributed by atoms with E-state index >= 15 is 0 Å². The van der Waals surface area contributed by atoms with Gasteiger partial charge in [-0.25, -0.2) is 0 Å². The lowest BCUT2D eigenvalue weighted by Crippen LogP contribution is -2.35. The van der Waals surface area contributed by atoms with E-state index in [2.05, 4.69) is 20.8 Å². The molecule has 0 spiro atoms. The minimum atomic E-state index is -0.221. The molecule has 0 unspecified atom stereocenters. The molecule has 2 heterocycles. The van der Waals surface area contributed by atoms with Crippen LogP contribution in [0.25, 0.3) is 0 Å². The fourth-order valence-corrected chi connectivity index (χ4v) is 1.86. The normalized spacial score (nSPS) is 23.6. The van der Waals surface area contributed by atoms with E-state index in [9.17, 15) is 4.79 Å². The van der Waals surface area contributed by atoms with Gasteiger partial charge in [-0.3, -0.25) is 15.2 Å². The molecule has 1 fully saturated rings. The van der Waals surface area contributed by atoms with Crippen molar-refractivity contribution in [1.29, 1.82) is 0 Å². The summed E-state index contributed by atoms with van der Waals surface area (Å²) in [5, 5.41) is 12.9. The minimum Gasteiger partial charge on any atom is -0.308 e. The maximum atomic E-state index is 11.7. The third-order valence-corrected chi connectivity index (χ3v) is 2.93. The number of hydrogen-bond donors (Lipinski definition) is 3. The van der Waals surface area contributed by atoms with E-state index in [0.717, 1.165) is 12.2 Å². The highest BCUT2D eigenvalue weighted by molar-refractivity contribution is 5.95. The molecule has 1 atom stereocenters. The predicted octanol–water partition coefficient (Wildman–Crippen LogP) is 0.754. The van der Waals surface area contributed by atoms with Crippen LogP contribution in [0.15, 0.2) is 18.2 Å². The average molecular weight is 218 g/mol. The molecule has 1 amide bonds. The molecule has 0 aromatic carbocycles. The number of amides is 1. The number of aromatic amines is 1. The predicted molar refractivity (Wildman–Crippen MR) is 60.1 cm³/mol. The second-order valence-electron chi connectivity index (χ2n) is 4.29. The van der Waals surface area contributed by atoms with Gasteiger partial charge in [-0.2, -0.15) is 5.10 Å².